The van der Waals surface area contributed by atoms with E-state index in [1.807, 2.05) is 13.0 Å². The number of piperidine rings is 1. The number of nitrogens with zero attached hydrogens (tertiary/aromatic N) is 2. The summed E-state index contributed by atoms with van der Waals surface area (Å²) in [6, 6.07) is 5.12. The zero-order chi connectivity index (χ0) is 15.0. The van der Waals surface area contributed by atoms with E-state index in [4.69, 9.17) is 0 Å². The van der Waals surface area contributed by atoms with Crippen LogP contribution in [0.1, 0.15) is 30.1 Å². The number of hydrogen-bond acceptors (Lipinski definition) is 3. The first-order chi connectivity index (χ1) is 10.1. The van der Waals surface area contributed by atoms with Crippen molar-refractivity contribution in [2.24, 2.45) is 5.92 Å². The third-order valence-electron chi connectivity index (χ3n) is 4.28. The van der Waals surface area contributed by atoms with Gasteiger partial charge >= 0.3 is 5.97 Å². The SMILES string of the molecule is C[C@@H]1[C@H](C(=O)O)CCCN1C(=O)c1cccc2[nH]ncc12. The minimum absolute atomic E-state index is 0.125. The summed E-state index contributed by atoms with van der Waals surface area (Å²) in [4.78, 5) is 25.7. The molecular weight excluding hydrogens is 270 g/mol. The summed E-state index contributed by atoms with van der Waals surface area (Å²) in [5.74, 6) is -1.45. The van der Waals surface area contributed by atoms with Gasteiger partial charge in [0.15, 0.2) is 0 Å². The van der Waals surface area contributed by atoms with Crippen LogP contribution >= 0.6 is 0 Å². The molecule has 0 radical (unpaired) electrons. The van der Waals surface area contributed by atoms with E-state index in [9.17, 15) is 14.7 Å². The number of H-pyrrole nitrogens is 1. The Hall–Kier alpha value is -2.37. The molecule has 2 aromatic rings. The predicted molar refractivity (Wildman–Crippen MR) is 77.0 cm³/mol. The van der Waals surface area contributed by atoms with Crippen LogP contribution in [0, 0.1) is 5.92 Å². The highest BCUT2D eigenvalue weighted by Crippen LogP contribution is 2.27. The molecule has 1 aromatic carbocycles. The van der Waals surface area contributed by atoms with Crippen LogP contribution in [0.2, 0.25) is 0 Å². The number of benzene rings is 1. The molecule has 1 saturated heterocycles. The van der Waals surface area contributed by atoms with E-state index in [0.717, 1.165) is 10.9 Å². The molecule has 1 aliphatic rings. The molecule has 2 heterocycles. The van der Waals surface area contributed by atoms with Crippen LogP contribution in [0.25, 0.3) is 10.9 Å². The Bertz CT molecular complexity index is 694. The Labute approximate surface area is 121 Å². The van der Waals surface area contributed by atoms with Crippen LogP contribution in [-0.2, 0) is 4.79 Å². The Morgan fingerprint density at radius 2 is 2.24 bits per heavy atom. The Morgan fingerprint density at radius 1 is 1.43 bits per heavy atom. The zero-order valence-corrected chi connectivity index (χ0v) is 11.7. The lowest BCUT2D eigenvalue weighted by atomic mass is 9.89. The molecule has 110 valence electrons. The van der Waals surface area contributed by atoms with Gasteiger partial charge in [-0.2, -0.15) is 5.10 Å². The first-order valence-electron chi connectivity index (χ1n) is 7.05. The van der Waals surface area contributed by atoms with E-state index in [0.29, 0.717) is 24.9 Å². The van der Waals surface area contributed by atoms with Gasteiger partial charge in [0.05, 0.1) is 23.2 Å². The molecule has 2 N–H and O–H groups in total. The number of aliphatic carboxylic acids is 1. The third-order valence-corrected chi connectivity index (χ3v) is 4.28. The van der Waals surface area contributed by atoms with Gasteiger partial charge in [-0.15, -0.1) is 0 Å². The summed E-state index contributed by atoms with van der Waals surface area (Å²) >= 11 is 0. The van der Waals surface area contributed by atoms with Gasteiger partial charge in [-0.1, -0.05) is 6.07 Å². The molecule has 0 unspecified atom stereocenters. The third kappa shape index (κ3) is 2.26. The Morgan fingerprint density at radius 3 is 3.00 bits per heavy atom. The lowest BCUT2D eigenvalue weighted by molar-refractivity contribution is -0.144. The van der Waals surface area contributed by atoms with Gasteiger partial charge in [-0.25, -0.2) is 0 Å². The van der Waals surface area contributed by atoms with Crippen molar-refractivity contribution in [1.29, 1.82) is 0 Å². The number of aromatic amines is 1. The largest absolute Gasteiger partial charge is 0.481 e. The standard InChI is InChI=1S/C15H17N3O3/c1-9-10(15(20)21)5-3-7-18(9)14(19)11-4-2-6-13-12(11)8-16-17-13/h2,4,6,8-10H,3,5,7H2,1H3,(H,16,17)(H,20,21)/t9-,10-/m1/s1. The fourth-order valence-electron chi connectivity index (χ4n) is 3.07. The first kappa shape index (κ1) is 13.6. The topological polar surface area (TPSA) is 86.3 Å². The number of aromatic nitrogens is 2. The highest BCUT2D eigenvalue weighted by Gasteiger charge is 2.36. The van der Waals surface area contributed by atoms with Gasteiger partial charge in [-0.3, -0.25) is 14.7 Å². The average Bonchev–Trinajstić information content (AvgIpc) is 2.94. The molecule has 1 fully saturated rings. The molecule has 0 spiro atoms. The van der Waals surface area contributed by atoms with Crippen LogP contribution < -0.4 is 0 Å². The van der Waals surface area contributed by atoms with E-state index < -0.39 is 11.9 Å². The molecular formula is C15H17N3O3. The maximum Gasteiger partial charge on any atom is 0.308 e. The highest BCUT2D eigenvalue weighted by molar-refractivity contribution is 6.06. The fraction of sp³-hybridized carbons (Fsp3) is 0.400. The zero-order valence-electron chi connectivity index (χ0n) is 11.7. The monoisotopic (exact) mass is 287 g/mol. The van der Waals surface area contributed by atoms with Gasteiger partial charge in [0.25, 0.3) is 5.91 Å². The van der Waals surface area contributed by atoms with Crippen LogP contribution in [0.3, 0.4) is 0 Å². The lowest BCUT2D eigenvalue weighted by Crippen LogP contribution is -2.49. The van der Waals surface area contributed by atoms with E-state index >= 15 is 0 Å². The number of fused-ring (bicyclic) bond motifs is 1. The van der Waals surface area contributed by atoms with Gasteiger partial charge in [0, 0.05) is 18.0 Å². The fourth-order valence-corrected chi connectivity index (χ4v) is 3.07. The molecule has 2 atom stereocenters. The van der Waals surface area contributed by atoms with Crippen molar-refractivity contribution in [2.75, 3.05) is 6.54 Å². The summed E-state index contributed by atoms with van der Waals surface area (Å²) in [6.07, 6.45) is 2.97. The molecule has 6 nitrogen and oxygen atoms in total. The van der Waals surface area contributed by atoms with Gasteiger partial charge in [0.2, 0.25) is 0 Å². The van der Waals surface area contributed by atoms with E-state index in [2.05, 4.69) is 10.2 Å². The van der Waals surface area contributed by atoms with Crippen molar-refractivity contribution in [3.05, 3.63) is 30.0 Å². The number of hydrogen-bond donors (Lipinski definition) is 2. The number of carbonyl (C=O) groups is 2. The molecule has 6 heteroatoms. The normalized spacial score (nSPS) is 22.4. The second kappa shape index (κ2) is 5.20. The van der Waals surface area contributed by atoms with Crippen LogP contribution in [0.15, 0.2) is 24.4 Å². The molecule has 3 rings (SSSR count). The number of nitrogens with one attached hydrogen (secondary N) is 1. The Balaban J connectivity index is 1.94. The van der Waals surface area contributed by atoms with Crippen molar-refractivity contribution in [3.8, 4) is 0 Å². The summed E-state index contributed by atoms with van der Waals surface area (Å²) < 4.78 is 0. The minimum atomic E-state index is -0.832. The predicted octanol–water partition coefficient (Wildman–Crippen LogP) is 1.89. The number of carboxylic acid groups (broad SMARTS) is 1. The van der Waals surface area contributed by atoms with Crippen molar-refractivity contribution in [1.82, 2.24) is 15.1 Å². The maximum atomic E-state index is 12.8. The van der Waals surface area contributed by atoms with Crippen LogP contribution in [0.4, 0.5) is 0 Å². The molecule has 0 bridgehead atoms. The average molecular weight is 287 g/mol. The highest BCUT2D eigenvalue weighted by atomic mass is 16.4. The molecule has 0 saturated carbocycles. The van der Waals surface area contributed by atoms with Crippen molar-refractivity contribution < 1.29 is 14.7 Å². The molecule has 1 aliphatic heterocycles. The van der Waals surface area contributed by atoms with Crippen molar-refractivity contribution in [2.45, 2.75) is 25.8 Å². The molecule has 1 amide bonds. The van der Waals surface area contributed by atoms with E-state index in [1.165, 1.54) is 0 Å². The molecule has 21 heavy (non-hydrogen) atoms. The summed E-state index contributed by atoms with van der Waals surface area (Å²) in [7, 11) is 0. The number of carbonyl (C=O) groups excluding carboxylic acids is 1. The van der Waals surface area contributed by atoms with Gasteiger partial charge in [-0.05, 0) is 31.9 Å². The number of amides is 1. The summed E-state index contributed by atoms with van der Waals surface area (Å²) in [6.45, 7) is 2.41. The van der Waals surface area contributed by atoms with E-state index in [-0.39, 0.29) is 11.9 Å². The van der Waals surface area contributed by atoms with E-state index in [1.54, 1.807) is 23.2 Å². The second-order valence-corrected chi connectivity index (χ2v) is 5.46. The number of rotatable bonds is 2. The number of likely N-dealkylation sites (tertiary alicyclic amines) is 1. The smallest absolute Gasteiger partial charge is 0.308 e. The van der Waals surface area contributed by atoms with Crippen LogP contribution in [0.5, 0.6) is 0 Å². The molecule has 1 aromatic heterocycles. The van der Waals surface area contributed by atoms with Crippen molar-refractivity contribution in [3.63, 3.8) is 0 Å². The maximum absolute atomic E-state index is 12.8. The van der Waals surface area contributed by atoms with Gasteiger partial charge in [0.1, 0.15) is 0 Å². The summed E-state index contributed by atoms with van der Waals surface area (Å²) in [5.41, 5.74) is 1.37. The summed E-state index contributed by atoms with van der Waals surface area (Å²) in [5, 5.41) is 16.8. The van der Waals surface area contributed by atoms with Crippen LogP contribution in [-0.4, -0.2) is 44.7 Å². The Kier molecular flexibility index (Phi) is 3.37. The lowest BCUT2D eigenvalue weighted by Gasteiger charge is -2.37. The second-order valence-electron chi connectivity index (χ2n) is 5.46. The minimum Gasteiger partial charge on any atom is -0.481 e. The van der Waals surface area contributed by atoms with Crippen molar-refractivity contribution >= 4 is 22.8 Å². The molecule has 0 aliphatic carbocycles. The number of carboxylic acids is 1. The quantitative estimate of drug-likeness (QED) is 0.883. The first-order valence-corrected chi connectivity index (χ1v) is 7.05. The van der Waals surface area contributed by atoms with Gasteiger partial charge < -0.3 is 10.0 Å².